The van der Waals surface area contributed by atoms with Crippen LogP contribution in [0.25, 0.3) is 6.08 Å². The molecule has 4 heteroatoms. The molecule has 0 spiro atoms. The van der Waals surface area contributed by atoms with Crippen LogP contribution in [-0.2, 0) is 4.79 Å². The van der Waals surface area contributed by atoms with Gasteiger partial charge in [-0.1, -0.05) is 35.9 Å². The number of amides is 2. The van der Waals surface area contributed by atoms with E-state index in [1.807, 2.05) is 31.2 Å². The Morgan fingerprint density at radius 3 is 2.83 bits per heavy atom. The minimum Gasteiger partial charge on any atom is -0.268 e. The van der Waals surface area contributed by atoms with Crippen LogP contribution in [0.3, 0.4) is 0 Å². The first-order chi connectivity index (χ1) is 8.61. The van der Waals surface area contributed by atoms with Gasteiger partial charge in [-0.15, -0.1) is 6.58 Å². The van der Waals surface area contributed by atoms with E-state index in [0.29, 0.717) is 4.91 Å². The Morgan fingerprint density at radius 2 is 2.17 bits per heavy atom. The quantitative estimate of drug-likeness (QED) is 0.618. The zero-order valence-corrected chi connectivity index (χ0v) is 10.9. The van der Waals surface area contributed by atoms with Crippen molar-refractivity contribution >= 4 is 29.0 Å². The largest absolute Gasteiger partial charge is 0.293 e. The van der Waals surface area contributed by atoms with E-state index in [0.717, 1.165) is 22.9 Å². The maximum atomic E-state index is 12.0. The lowest BCUT2D eigenvalue weighted by molar-refractivity contribution is -0.122. The number of hydrogen-bond donors (Lipinski definition) is 0. The molecular weight excluding hydrogens is 246 g/mol. The predicted molar refractivity (Wildman–Crippen MR) is 74.1 cm³/mol. The van der Waals surface area contributed by atoms with Gasteiger partial charge in [0.15, 0.2) is 0 Å². The van der Waals surface area contributed by atoms with Gasteiger partial charge in [0, 0.05) is 6.54 Å². The van der Waals surface area contributed by atoms with Crippen molar-refractivity contribution < 1.29 is 9.59 Å². The van der Waals surface area contributed by atoms with Crippen molar-refractivity contribution in [3.63, 3.8) is 0 Å². The smallest absolute Gasteiger partial charge is 0.268 e. The maximum absolute atomic E-state index is 12.0. The van der Waals surface area contributed by atoms with E-state index in [4.69, 9.17) is 0 Å². The summed E-state index contributed by atoms with van der Waals surface area (Å²) in [6.45, 7) is 5.79. The summed E-state index contributed by atoms with van der Waals surface area (Å²) in [6.07, 6.45) is 3.30. The van der Waals surface area contributed by atoms with E-state index in [2.05, 4.69) is 6.58 Å². The van der Waals surface area contributed by atoms with Gasteiger partial charge in [-0.05, 0) is 30.3 Å². The molecule has 0 atom stereocenters. The molecule has 2 amide bonds. The van der Waals surface area contributed by atoms with E-state index in [1.54, 1.807) is 12.2 Å². The molecular formula is C14H13NO2S. The molecule has 0 saturated carbocycles. The molecule has 0 aliphatic carbocycles. The standard InChI is InChI=1S/C14H13NO2S/c1-3-7-15-13(16)12(18-14(15)17)9-11-6-4-5-10(2)8-11/h3-6,8-9H,1,7H2,2H3/b12-9+. The van der Waals surface area contributed by atoms with Gasteiger partial charge in [-0.25, -0.2) is 0 Å². The highest BCUT2D eigenvalue weighted by atomic mass is 32.2. The first-order valence-electron chi connectivity index (χ1n) is 5.55. The van der Waals surface area contributed by atoms with Crippen LogP contribution in [0.15, 0.2) is 41.8 Å². The molecule has 1 aliphatic rings. The van der Waals surface area contributed by atoms with Gasteiger partial charge in [-0.3, -0.25) is 14.5 Å². The van der Waals surface area contributed by atoms with E-state index in [9.17, 15) is 9.59 Å². The van der Waals surface area contributed by atoms with Gasteiger partial charge >= 0.3 is 0 Å². The Balaban J connectivity index is 2.27. The molecule has 1 heterocycles. The molecule has 1 fully saturated rings. The van der Waals surface area contributed by atoms with Crippen molar-refractivity contribution in [2.45, 2.75) is 6.92 Å². The van der Waals surface area contributed by atoms with Gasteiger partial charge in [0.2, 0.25) is 0 Å². The van der Waals surface area contributed by atoms with Crippen LogP contribution < -0.4 is 0 Å². The lowest BCUT2D eigenvalue weighted by atomic mass is 10.1. The highest BCUT2D eigenvalue weighted by Crippen LogP contribution is 2.32. The number of aryl methyl sites for hydroxylation is 1. The minimum atomic E-state index is -0.244. The topological polar surface area (TPSA) is 37.4 Å². The molecule has 0 N–H and O–H groups in total. The summed E-state index contributed by atoms with van der Waals surface area (Å²) in [7, 11) is 0. The summed E-state index contributed by atoms with van der Waals surface area (Å²) < 4.78 is 0. The van der Waals surface area contributed by atoms with E-state index in [-0.39, 0.29) is 17.7 Å². The van der Waals surface area contributed by atoms with Crippen molar-refractivity contribution in [3.05, 3.63) is 53.0 Å². The first-order valence-corrected chi connectivity index (χ1v) is 6.36. The molecule has 1 saturated heterocycles. The summed E-state index contributed by atoms with van der Waals surface area (Å²) in [4.78, 5) is 25.2. The van der Waals surface area contributed by atoms with Crippen molar-refractivity contribution in [1.29, 1.82) is 0 Å². The second kappa shape index (κ2) is 5.23. The molecule has 0 aromatic heterocycles. The van der Waals surface area contributed by atoms with Gasteiger partial charge in [0.05, 0.1) is 4.91 Å². The second-order valence-electron chi connectivity index (χ2n) is 4.00. The van der Waals surface area contributed by atoms with E-state index >= 15 is 0 Å². The summed E-state index contributed by atoms with van der Waals surface area (Å²) in [5, 5.41) is -0.237. The van der Waals surface area contributed by atoms with Crippen LogP contribution in [0.4, 0.5) is 4.79 Å². The molecule has 2 rings (SSSR count). The fourth-order valence-corrected chi connectivity index (χ4v) is 2.55. The molecule has 1 aromatic rings. The van der Waals surface area contributed by atoms with Crippen LogP contribution in [-0.4, -0.2) is 22.6 Å². The van der Waals surface area contributed by atoms with Gasteiger partial charge in [-0.2, -0.15) is 0 Å². The van der Waals surface area contributed by atoms with Crippen molar-refractivity contribution in [2.75, 3.05) is 6.54 Å². The third kappa shape index (κ3) is 2.54. The molecule has 0 radical (unpaired) electrons. The highest BCUT2D eigenvalue weighted by molar-refractivity contribution is 8.18. The SMILES string of the molecule is C=CCN1C(=O)S/C(=C/c2cccc(C)c2)C1=O. The maximum Gasteiger partial charge on any atom is 0.293 e. The predicted octanol–water partition coefficient (Wildman–Crippen LogP) is 3.22. The minimum absolute atomic E-state index is 0.237. The Labute approximate surface area is 110 Å². The Hall–Kier alpha value is -1.81. The summed E-state index contributed by atoms with van der Waals surface area (Å²) in [6, 6.07) is 7.80. The molecule has 92 valence electrons. The zero-order chi connectivity index (χ0) is 13.1. The van der Waals surface area contributed by atoms with Gasteiger partial charge in [0.25, 0.3) is 11.1 Å². The van der Waals surface area contributed by atoms with Crippen molar-refractivity contribution in [3.8, 4) is 0 Å². The average molecular weight is 259 g/mol. The summed E-state index contributed by atoms with van der Waals surface area (Å²) in [5.74, 6) is -0.244. The average Bonchev–Trinajstić information content (AvgIpc) is 2.57. The first kappa shape index (κ1) is 12.6. The molecule has 1 aromatic carbocycles. The lowest BCUT2D eigenvalue weighted by Crippen LogP contribution is -2.27. The fourth-order valence-electron chi connectivity index (χ4n) is 1.70. The normalized spacial score (nSPS) is 17.6. The lowest BCUT2D eigenvalue weighted by Gasteiger charge is -2.07. The molecule has 0 unspecified atom stereocenters. The Morgan fingerprint density at radius 1 is 1.39 bits per heavy atom. The number of benzene rings is 1. The van der Waals surface area contributed by atoms with Crippen LogP contribution in [0.2, 0.25) is 0 Å². The molecule has 18 heavy (non-hydrogen) atoms. The summed E-state index contributed by atoms with van der Waals surface area (Å²) in [5.41, 5.74) is 2.05. The Kier molecular flexibility index (Phi) is 3.67. The molecule has 3 nitrogen and oxygen atoms in total. The summed E-state index contributed by atoms with van der Waals surface area (Å²) >= 11 is 0.973. The molecule has 1 aliphatic heterocycles. The number of nitrogens with zero attached hydrogens (tertiary/aromatic N) is 1. The van der Waals surface area contributed by atoms with Crippen molar-refractivity contribution in [2.24, 2.45) is 0 Å². The number of carbonyl (C=O) groups is 2. The zero-order valence-electron chi connectivity index (χ0n) is 10.1. The Bertz CT molecular complexity index is 548. The third-order valence-electron chi connectivity index (χ3n) is 2.53. The van der Waals surface area contributed by atoms with Gasteiger partial charge in [0.1, 0.15) is 0 Å². The number of hydrogen-bond acceptors (Lipinski definition) is 3. The van der Waals surface area contributed by atoms with Crippen LogP contribution in [0.1, 0.15) is 11.1 Å². The van der Waals surface area contributed by atoms with Crippen LogP contribution in [0.5, 0.6) is 0 Å². The van der Waals surface area contributed by atoms with E-state index < -0.39 is 0 Å². The number of carbonyl (C=O) groups excluding carboxylic acids is 2. The number of rotatable bonds is 3. The number of thioether (sulfide) groups is 1. The van der Waals surface area contributed by atoms with Crippen molar-refractivity contribution in [1.82, 2.24) is 4.90 Å². The van der Waals surface area contributed by atoms with Crippen LogP contribution >= 0.6 is 11.8 Å². The monoisotopic (exact) mass is 259 g/mol. The van der Waals surface area contributed by atoms with Gasteiger partial charge < -0.3 is 0 Å². The van der Waals surface area contributed by atoms with E-state index in [1.165, 1.54) is 4.90 Å². The fraction of sp³-hybridized carbons (Fsp3) is 0.143. The number of imide groups is 1. The van der Waals surface area contributed by atoms with Crippen LogP contribution in [0, 0.1) is 6.92 Å². The molecule has 0 bridgehead atoms. The highest BCUT2D eigenvalue weighted by Gasteiger charge is 2.33. The second-order valence-corrected chi connectivity index (χ2v) is 4.99. The third-order valence-corrected chi connectivity index (χ3v) is 3.43.